The van der Waals surface area contributed by atoms with E-state index in [9.17, 15) is 4.79 Å². The zero-order chi connectivity index (χ0) is 20.9. The second kappa shape index (κ2) is 8.66. The van der Waals surface area contributed by atoms with Gasteiger partial charge in [-0.25, -0.2) is 4.68 Å². The average molecular weight is 397 g/mol. The summed E-state index contributed by atoms with van der Waals surface area (Å²) in [6.45, 7) is 3.85. The van der Waals surface area contributed by atoms with Gasteiger partial charge in [0.2, 0.25) is 0 Å². The summed E-state index contributed by atoms with van der Waals surface area (Å²) < 4.78 is 7.69. The highest BCUT2D eigenvalue weighted by atomic mass is 16.5. The molecule has 0 bridgehead atoms. The van der Waals surface area contributed by atoms with Gasteiger partial charge in [0.1, 0.15) is 5.75 Å². The largest absolute Gasteiger partial charge is 0.483 e. The van der Waals surface area contributed by atoms with Crippen LogP contribution in [0.3, 0.4) is 0 Å². The van der Waals surface area contributed by atoms with E-state index >= 15 is 0 Å². The van der Waals surface area contributed by atoms with Crippen LogP contribution in [-0.2, 0) is 4.79 Å². The average Bonchev–Trinajstić information content (AvgIpc) is 3.11. The number of anilines is 1. The number of para-hydroxylation sites is 3. The number of rotatable bonds is 6. The molecule has 1 aromatic heterocycles. The van der Waals surface area contributed by atoms with Crippen LogP contribution in [0.4, 0.5) is 5.69 Å². The van der Waals surface area contributed by atoms with E-state index in [0.29, 0.717) is 11.4 Å². The van der Waals surface area contributed by atoms with Gasteiger partial charge in [-0.15, -0.1) is 0 Å². The molecule has 4 rings (SSSR count). The maximum Gasteiger partial charge on any atom is 0.262 e. The van der Waals surface area contributed by atoms with Crippen LogP contribution in [0.15, 0.2) is 84.9 Å². The van der Waals surface area contributed by atoms with Crippen molar-refractivity contribution in [1.82, 2.24) is 9.78 Å². The Kier molecular flexibility index (Phi) is 5.61. The Morgan fingerprint density at radius 2 is 1.63 bits per heavy atom. The van der Waals surface area contributed by atoms with Gasteiger partial charge in [0, 0.05) is 11.3 Å². The van der Waals surface area contributed by atoms with Gasteiger partial charge in [0.25, 0.3) is 5.91 Å². The van der Waals surface area contributed by atoms with Gasteiger partial charge in [0.15, 0.2) is 6.61 Å². The van der Waals surface area contributed by atoms with Crippen molar-refractivity contribution in [3.63, 3.8) is 0 Å². The molecular formula is C25H23N3O2. The van der Waals surface area contributed by atoms with E-state index in [0.717, 1.165) is 28.2 Å². The van der Waals surface area contributed by atoms with Gasteiger partial charge in [-0.05, 0) is 43.7 Å². The third kappa shape index (κ3) is 4.25. The molecule has 0 aliphatic rings. The first-order valence-electron chi connectivity index (χ1n) is 9.81. The molecule has 0 radical (unpaired) electrons. The predicted octanol–water partition coefficient (Wildman–Crippen LogP) is 5.17. The zero-order valence-corrected chi connectivity index (χ0v) is 17.0. The lowest BCUT2D eigenvalue weighted by Gasteiger charge is -2.14. The number of amides is 1. The Morgan fingerprint density at radius 3 is 2.40 bits per heavy atom. The maximum absolute atomic E-state index is 12.6. The number of carbonyl (C=O) groups excluding carboxylic acids is 1. The van der Waals surface area contributed by atoms with Gasteiger partial charge in [-0.1, -0.05) is 60.7 Å². The number of nitrogens with one attached hydrogen (secondary N) is 1. The Labute approximate surface area is 175 Å². The first kappa shape index (κ1) is 19.5. The second-order valence-electron chi connectivity index (χ2n) is 7.06. The smallest absolute Gasteiger partial charge is 0.262 e. The summed E-state index contributed by atoms with van der Waals surface area (Å²) in [7, 11) is 0. The fourth-order valence-electron chi connectivity index (χ4n) is 3.42. The molecule has 5 nitrogen and oxygen atoms in total. The standard InChI is InChI=1S/C25H23N3O2/c1-18-16-19(2)28(27-18)23-14-8-7-13-22(23)26-25(29)17-30-24-15-9-6-12-21(24)20-10-4-3-5-11-20/h3-16H,17H2,1-2H3,(H,26,29). The van der Waals surface area contributed by atoms with Crippen molar-refractivity contribution >= 4 is 11.6 Å². The van der Waals surface area contributed by atoms with Crippen LogP contribution >= 0.6 is 0 Å². The van der Waals surface area contributed by atoms with Crippen molar-refractivity contribution in [2.75, 3.05) is 11.9 Å². The van der Waals surface area contributed by atoms with Gasteiger partial charge < -0.3 is 10.1 Å². The summed E-state index contributed by atoms with van der Waals surface area (Å²) in [4.78, 5) is 12.6. The molecule has 0 fully saturated rings. The molecule has 0 spiro atoms. The Morgan fingerprint density at radius 1 is 0.933 bits per heavy atom. The first-order chi connectivity index (χ1) is 14.6. The molecule has 4 aromatic rings. The molecule has 0 aliphatic carbocycles. The van der Waals surface area contributed by atoms with Crippen molar-refractivity contribution in [3.8, 4) is 22.6 Å². The normalized spacial score (nSPS) is 10.6. The van der Waals surface area contributed by atoms with Crippen LogP contribution in [-0.4, -0.2) is 22.3 Å². The van der Waals surface area contributed by atoms with Crippen LogP contribution < -0.4 is 10.1 Å². The molecule has 30 heavy (non-hydrogen) atoms. The summed E-state index contributed by atoms with van der Waals surface area (Å²) in [5, 5.41) is 7.47. The maximum atomic E-state index is 12.6. The lowest BCUT2D eigenvalue weighted by atomic mass is 10.1. The van der Waals surface area contributed by atoms with Gasteiger partial charge in [-0.2, -0.15) is 5.10 Å². The topological polar surface area (TPSA) is 56.2 Å². The molecule has 150 valence electrons. The summed E-state index contributed by atoms with van der Waals surface area (Å²) in [5.41, 5.74) is 5.43. The Hall–Kier alpha value is -3.86. The third-order valence-electron chi connectivity index (χ3n) is 4.75. The Bertz CT molecular complexity index is 1170. The predicted molar refractivity (Wildman–Crippen MR) is 119 cm³/mol. The highest BCUT2D eigenvalue weighted by molar-refractivity contribution is 5.94. The van der Waals surface area contributed by atoms with Crippen molar-refractivity contribution in [3.05, 3.63) is 96.3 Å². The Balaban J connectivity index is 1.50. The van der Waals surface area contributed by atoms with Crippen LogP contribution in [0.2, 0.25) is 0 Å². The number of hydrogen-bond acceptors (Lipinski definition) is 3. The third-order valence-corrected chi connectivity index (χ3v) is 4.75. The lowest BCUT2D eigenvalue weighted by Crippen LogP contribution is -2.21. The van der Waals surface area contributed by atoms with Gasteiger partial charge in [0.05, 0.1) is 17.1 Å². The molecule has 0 saturated heterocycles. The van der Waals surface area contributed by atoms with Crippen LogP contribution in [0.1, 0.15) is 11.4 Å². The monoisotopic (exact) mass is 397 g/mol. The molecular weight excluding hydrogens is 374 g/mol. The lowest BCUT2D eigenvalue weighted by molar-refractivity contribution is -0.118. The van der Waals surface area contributed by atoms with Crippen LogP contribution in [0.5, 0.6) is 5.75 Å². The van der Waals surface area contributed by atoms with Crippen LogP contribution in [0, 0.1) is 13.8 Å². The second-order valence-corrected chi connectivity index (χ2v) is 7.06. The van der Waals surface area contributed by atoms with E-state index in [4.69, 9.17) is 4.74 Å². The summed E-state index contributed by atoms with van der Waals surface area (Å²) >= 11 is 0. The summed E-state index contributed by atoms with van der Waals surface area (Å²) in [6, 6.07) is 27.3. The minimum absolute atomic E-state index is 0.0880. The molecule has 0 unspecified atom stereocenters. The highest BCUT2D eigenvalue weighted by Crippen LogP contribution is 2.29. The highest BCUT2D eigenvalue weighted by Gasteiger charge is 2.13. The summed E-state index contributed by atoms with van der Waals surface area (Å²) in [6.07, 6.45) is 0. The van der Waals surface area contributed by atoms with Gasteiger partial charge >= 0.3 is 0 Å². The quantitative estimate of drug-likeness (QED) is 0.488. The SMILES string of the molecule is Cc1cc(C)n(-c2ccccc2NC(=O)COc2ccccc2-c2ccccc2)n1. The molecule has 0 atom stereocenters. The van der Waals surface area contributed by atoms with E-state index < -0.39 is 0 Å². The molecule has 3 aromatic carbocycles. The molecule has 0 saturated carbocycles. The van der Waals surface area contributed by atoms with Crippen molar-refractivity contribution in [1.29, 1.82) is 0 Å². The number of ether oxygens (including phenoxy) is 1. The van der Waals surface area contributed by atoms with Crippen molar-refractivity contribution in [2.24, 2.45) is 0 Å². The van der Waals surface area contributed by atoms with E-state index in [1.54, 1.807) is 0 Å². The van der Waals surface area contributed by atoms with E-state index in [1.807, 2.05) is 103 Å². The number of benzene rings is 3. The van der Waals surface area contributed by atoms with Crippen LogP contribution in [0.25, 0.3) is 16.8 Å². The fourth-order valence-corrected chi connectivity index (χ4v) is 3.42. The number of nitrogens with zero attached hydrogens (tertiary/aromatic N) is 2. The van der Waals surface area contributed by atoms with Crippen molar-refractivity contribution in [2.45, 2.75) is 13.8 Å². The van der Waals surface area contributed by atoms with E-state index in [-0.39, 0.29) is 12.5 Å². The molecule has 1 amide bonds. The minimum Gasteiger partial charge on any atom is -0.483 e. The molecule has 1 N–H and O–H groups in total. The number of carbonyl (C=O) groups is 1. The minimum atomic E-state index is -0.230. The van der Waals surface area contributed by atoms with Gasteiger partial charge in [-0.3, -0.25) is 4.79 Å². The zero-order valence-electron chi connectivity index (χ0n) is 17.0. The number of aryl methyl sites for hydroxylation is 2. The first-order valence-corrected chi connectivity index (χ1v) is 9.81. The number of aromatic nitrogens is 2. The van der Waals surface area contributed by atoms with E-state index in [1.165, 1.54) is 0 Å². The van der Waals surface area contributed by atoms with E-state index in [2.05, 4.69) is 10.4 Å². The summed E-state index contributed by atoms with van der Waals surface area (Å²) in [5.74, 6) is 0.442. The molecule has 5 heteroatoms. The fraction of sp³-hybridized carbons (Fsp3) is 0.120. The molecule has 0 aliphatic heterocycles. The molecule has 1 heterocycles. The number of hydrogen-bond donors (Lipinski definition) is 1. The van der Waals surface area contributed by atoms with Crippen molar-refractivity contribution < 1.29 is 9.53 Å².